The molecule has 2 aliphatic heterocycles. The molecule has 3 heterocycles. The maximum atomic E-state index is 12.4. The second-order valence-electron chi connectivity index (χ2n) is 7.73. The molecule has 1 aromatic rings. The summed E-state index contributed by atoms with van der Waals surface area (Å²) in [7, 11) is 0. The molecule has 0 radical (unpaired) electrons. The van der Waals surface area contributed by atoms with Gasteiger partial charge in [0.1, 0.15) is 11.6 Å². The number of fused-ring (bicyclic) bond motifs is 1. The molecular weight excluding hydrogens is 302 g/mol. The van der Waals surface area contributed by atoms with Crippen molar-refractivity contribution in [3.63, 3.8) is 0 Å². The van der Waals surface area contributed by atoms with Crippen LogP contribution in [0.25, 0.3) is 0 Å². The van der Waals surface area contributed by atoms with Gasteiger partial charge in [-0.05, 0) is 52.0 Å². The molecule has 3 aliphatic rings. The number of likely N-dealkylation sites (tertiary alicyclic amines) is 1. The van der Waals surface area contributed by atoms with Gasteiger partial charge in [-0.15, -0.1) is 10.2 Å². The lowest BCUT2D eigenvalue weighted by molar-refractivity contribution is -0.126. The van der Waals surface area contributed by atoms with Crippen LogP contribution in [0, 0.1) is 0 Å². The quantitative estimate of drug-likeness (QED) is 0.914. The Morgan fingerprint density at radius 3 is 2.83 bits per heavy atom. The maximum absolute atomic E-state index is 12.4. The highest BCUT2D eigenvalue weighted by Crippen LogP contribution is 2.29. The zero-order valence-electron chi connectivity index (χ0n) is 14.7. The zero-order valence-corrected chi connectivity index (χ0v) is 14.7. The van der Waals surface area contributed by atoms with Gasteiger partial charge in [0.2, 0.25) is 5.91 Å². The predicted octanol–water partition coefficient (Wildman–Crippen LogP) is 1.85. The Balaban J connectivity index is 1.44. The molecule has 1 amide bonds. The minimum Gasteiger partial charge on any atom is -0.352 e. The molecule has 1 N–H and O–H groups in total. The van der Waals surface area contributed by atoms with Crippen molar-refractivity contribution in [2.45, 2.75) is 82.8 Å². The number of hydrogen-bond acceptors (Lipinski definition) is 4. The summed E-state index contributed by atoms with van der Waals surface area (Å²) in [5, 5.41) is 12.2. The summed E-state index contributed by atoms with van der Waals surface area (Å²) in [6, 6.07) is 0.396. The van der Waals surface area contributed by atoms with Crippen LogP contribution in [0.4, 0.5) is 0 Å². The van der Waals surface area contributed by atoms with Crippen molar-refractivity contribution in [2.24, 2.45) is 0 Å². The van der Waals surface area contributed by atoms with Crippen molar-refractivity contribution in [1.82, 2.24) is 25.0 Å². The third kappa shape index (κ3) is 3.34. The van der Waals surface area contributed by atoms with Gasteiger partial charge >= 0.3 is 0 Å². The highest BCUT2D eigenvalue weighted by molar-refractivity contribution is 5.81. The van der Waals surface area contributed by atoms with Crippen molar-refractivity contribution >= 4 is 5.91 Å². The molecule has 0 bridgehead atoms. The first-order valence-corrected chi connectivity index (χ1v) is 9.69. The van der Waals surface area contributed by atoms with Gasteiger partial charge in [-0.1, -0.05) is 6.42 Å². The second kappa shape index (κ2) is 6.82. The van der Waals surface area contributed by atoms with Gasteiger partial charge < -0.3 is 9.88 Å². The maximum Gasteiger partial charge on any atom is 0.237 e. The van der Waals surface area contributed by atoms with Gasteiger partial charge in [0.15, 0.2) is 0 Å². The Morgan fingerprint density at radius 2 is 2.00 bits per heavy atom. The lowest BCUT2D eigenvalue weighted by Gasteiger charge is -2.35. The molecular formula is C18H29N5O. The minimum absolute atomic E-state index is 0.0417. The molecule has 1 saturated carbocycles. The highest BCUT2D eigenvalue weighted by Gasteiger charge is 2.33. The number of rotatable bonds is 4. The van der Waals surface area contributed by atoms with E-state index in [1.165, 1.54) is 25.1 Å². The van der Waals surface area contributed by atoms with E-state index >= 15 is 0 Å². The van der Waals surface area contributed by atoms with Crippen molar-refractivity contribution in [1.29, 1.82) is 0 Å². The fourth-order valence-electron chi connectivity index (χ4n) is 4.09. The number of hydrogen-bond donors (Lipinski definition) is 1. The van der Waals surface area contributed by atoms with E-state index < -0.39 is 0 Å². The molecule has 132 valence electrons. The Bertz CT molecular complexity index is 594. The summed E-state index contributed by atoms with van der Waals surface area (Å²) in [4.78, 5) is 14.7. The van der Waals surface area contributed by atoms with Gasteiger partial charge in [-0.2, -0.15) is 0 Å². The van der Waals surface area contributed by atoms with Gasteiger partial charge in [0.05, 0.1) is 6.04 Å². The number of carbonyl (C=O) groups is 1. The van der Waals surface area contributed by atoms with E-state index in [0.717, 1.165) is 57.6 Å². The SMILES string of the molecule is C[C@H](C(=O)NC1CC1)N1CCC[C@H](c2nnc3n2CCCCC3)C1. The third-order valence-electron chi connectivity index (χ3n) is 5.81. The van der Waals surface area contributed by atoms with Crippen LogP contribution in [-0.4, -0.2) is 50.7 Å². The number of aromatic nitrogens is 3. The Labute approximate surface area is 144 Å². The first-order valence-electron chi connectivity index (χ1n) is 9.69. The van der Waals surface area contributed by atoms with E-state index in [1.54, 1.807) is 0 Å². The van der Waals surface area contributed by atoms with E-state index in [9.17, 15) is 4.79 Å². The van der Waals surface area contributed by atoms with Crippen LogP contribution in [0.3, 0.4) is 0 Å². The van der Waals surface area contributed by atoms with E-state index in [4.69, 9.17) is 0 Å². The molecule has 1 aromatic heterocycles. The fraction of sp³-hybridized carbons (Fsp3) is 0.833. The van der Waals surface area contributed by atoms with Crippen molar-refractivity contribution < 1.29 is 4.79 Å². The van der Waals surface area contributed by atoms with Crippen molar-refractivity contribution in [2.75, 3.05) is 13.1 Å². The van der Waals surface area contributed by atoms with Gasteiger partial charge in [-0.25, -0.2) is 0 Å². The normalized spacial score (nSPS) is 26.5. The molecule has 0 unspecified atom stereocenters. The number of amides is 1. The zero-order chi connectivity index (χ0) is 16.5. The van der Waals surface area contributed by atoms with Crippen LogP contribution in [0.5, 0.6) is 0 Å². The number of nitrogens with one attached hydrogen (secondary N) is 1. The predicted molar refractivity (Wildman–Crippen MR) is 91.8 cm³/mol. The topological polar surface area (TPSA) is 63.1 Å². The van der Waals surface area contributed by atoms with E-state index in [2.05, 4.69) is 25.0 Å². The van der Waals surface area contributed by atoms with Crippen LogP contribution in [-0.2, 0) is 17.8 Å². The smallest absolute Gasteiger partial charge is 0.237 e. The Morgan fingerprint density at radius 1 is 1.12 bits per heavy atom. The van der Waals surface area contributed by atoms with Gasteiger partial charge in [-0.3, -0.25) is 9.69 Å². The Kier molecular flexibility index (Phi) is 4.57. The van der Waals surface area contributed by atoms with Crippen LogP contribution < -0.4 is 5.32 Å². The first-order chi connectivity index (χ1) is 11.7. The minimum atomic E-state index is -0.0417. The number of nitrogens with zero attached hydrogens (tertiary/aromatic N) is 4. The number of piperidine rings is 1. The lowest BCUT2D eigenvalue weighted by Crippen LogP contribution is -2.49. The standard InChI is InChI=1S/C18H29N5O/c1-13(18(24)19-15-8-9-15)22-10-5-6-14(12-22)17-21-20-16-7-3-2-4-11-23(16)17/h13-15H,2-12H2,1H3,(H,19,24)/t13-,14+/m1/s1. The van der Waals surface area contributed by atoms with Crippen LogP contribution in [0.1, 0.15) is 69.4 Å². The number of carbonyl (C=O) groups excluding carboxylic acids is 1. The number of aryl methyl sites for hydroxylation is 1. The summed E-state index contributed by atoms with van der Waals surface area (Å²) >= 11 is 0. The average Bonchev–Trinajstić information content (AvgIpc) is 3.37. The van der Waals surface area contributed by atoms with Crippen LogP contribution >= 0.6 is 0 Å². The molecule has 1 aliphatic carbocycles. The van der Waals surface area contributed by atoms with E-state index in [-0.39, 0.29) is 11.9 Å². The molecule has 1 saturated heterocycles. The molecule has 2 fully saturated rings. The monoisotopic (exact) mass is 331 g/mol. The van der Waals surface area contributed by atoms with Crippen molar-refractivity contribution in [3.8, 4) is 0 Å². The largest absolute Gasteiger partial charge is 0.352 e. The summed E-state index contributed by atoms with van der Waals surface area (Å²) in [6.07, 6.45) is 9.39. The molecule has 6 heteroatoms. The summed E-state index contributed by atoms with van der Waals surface area (Å²) < 4.78 is 2.37. The molecule has 4 rings (SSSR count). The molecule has 0 spiro atoms. The van der Waals surface area contributed by atoms with Gasteiger partial charge in [0.25, 0.3) is 0 Å². The fourth-order valence-corrected chi connectivity index (χ4v) is 4.09. The molecule has 2 atom stereocenters. The average molecular weight is 331 g/mol. The van der Waals surface area contributed by atoms with Crippen LogP contribution in [0.15, 0.2) is 0 Å². The molecule has 24 heavy (non-hydrogen) atoms. The molecule has 6 nitrogen and oxygen atoms in total. The van der Waals surface area contributed by atoms with Crippen LogP contribution in [0.2, 0.25) is 0 Å². The summed E-state index contributed by atoms with van der Waals surface area (Å²) in [5.74, 6) is 2.93. The Hall–Kier alpha value is -1.43. The highest BCUT2D eigenvalue weighted by atomic mass is 16.2. The van der Waals surface area contributed by atoms with E-state index in [1.807, 2.05) is 6.92 Å². The van der Waals surface area contributed by atoms with Crippen molar-refractivity contribution in [3.05, 3.63) is 11.6 Å². The van der Waals surface area contributed by atoms with Gasteiger partial charge in [0, 0.05) is 31.5 Å². The first kappa shape index (κ1) is 16.1. The third-order valence-corrected chi connectivity index (χ3v) is 5.81. The summed E-state index contributed by atoms with van der Waals surface area (Å²) in [6.45, 7) is 5.05. The summed E-state index contributed by atoms with van der Waals surface area (Å²) in [5.41, 5.74) is 0. The van der Waals surface area contributed by atoms with E-state index in [0.29, 0.717) is 12.0 Å². The second-order valence-corrected chi connectivity index (χ2v) is 7.73. The molecule has 0 aromatic carbocycles. The lowest BCUT2D eigenvalue weighted by atomic mass is 9.95.